The highest BCUT2D eigenvalue weighted by atomic mass is 32.1. The van der Waals surface area contributed by atoms with Gasteiger partial charge in [0.05, 0.1) is 25.1 Å². The molecule has 0 bridgehead atoms. The molecule has 4 rings (SSSR count). The maximum absolute atomic E-state index is 13.4. The molecule has 4 aromatic rings. The van der Waals surface area contributed by atoms with Crippen LogP contribution in [0.1, 0.15) is 9.67 Å². The molecule has 29 heavy (non-hydrogen) atoms. The van der Waals surface area contributed by atoms with Gasteiger partial charge in [0.2, 0.25) is 0 Å². The van der Waals surface area contributed by atoms with E-state index in [-0.39, 0.29) is 10.5 Å². The second-order valence-corrected chi connectivity index (χ2v) is 7.67. The summed E-state index contributed by atoms with van der Waals surface area (Å²) in [5.74, 6) is -0.163. The first kappa shape index (κ1) is 19.1. The van der Waals surface area contributed by atoms with Crippen LogP contribution in [0.2, 0.25) is 0 Å². The molecule has 0 spiro atoms. The van der Waals surface area contributed by atoms with Crippen molar-refractivity contribution in [3.8, 4) is 11.5 Å². The van der Waals surface area contributed by atoms with E-state index < -0.39 is 17.3 Å². The molecule has 0 aliphatic carbocycles. The molecule has 0 aliphatic rings. The normalized spacial score (nSPS) is 11.0. The van der Waals surface area contributed by atoms with E-state index in [9.17, 15) is 14.0 Å². The summed E-state index contributed by atoms with van der Waals surface area (Å²) in [6.45, 7) is 0. The molecule has 0 saturated heterocycles. The van der Waals surface area contributed by atoms with E-state index in [0.29, 0.717) is 32.0 Å². The largest absolute Gasteiger partial charge is 0.493 e. The number of carbonyl (C=O) groups excluding carboxylic acids is 1. The van der Waals surface area contributed by atoms with Crippen LogP contribution in [0.25, 0.3) is 16.6 Å². The fourth-order valence-corrected chi connectivity index (χ4v) is 4.30. The number of aromatic nitrogens is 2. The molecular formula is C19H14FN3O4S2. The Morgan fingerprint density at radius 2 is 1.93 bits per heavy atom. The van der Waals surface area contributed by atoms with Gasteiger partial charge in [0, 0.05) is 11.8 Å². The SMILES string of the molecule is COc1cc2c(=O)[nH]c3c(C(=O)Nc4cccc(F)c4)sc(=S)n3c2cc1OC. The molecule has 1 amide bonds. The average molecular weight is 431 g/mol. The van der Waals surface area contributed by atoms with Crippen molar-refractivity contribution in [2.24, 2.45) is 0 Å². The average Bonchev–Trinajstić information content (AvgIpc) is 3.03. The Hall–Kier alpha value is -3.24. The smallest absolute Gasteiger partial charge is 0.269 e. The van der Waals surface area contributed by atoms with E-state index in [1.807, 2.05) is 0 Å². The standard InChI is InChI=1S/C19H14FN3O4S2/c1-26-13-7-11-12(8-14(13)27-2)23-16(22-17(11)24)15(29-19(23)28)18(25)21-10-5-3-4-9(20)6-10/h3-8H,1-2H3,(H,21,25)(H,22,24). The zero-order valence-electron chi connectivity index (χ0n) is 15.2. The highest BCUT2D eigenvalue weighted by molar-refractivity contribution is 7.73. The molecule has 0 atom stereocenters. The van der Waals surface area contributed by atoms with Crippen LogP contribution in [0.3, 0.4) is 0 Å². The monoisotopic (exact) mass is 431 g/mol. The van der Waals surface area contributed by atoms with E-state index >= 15 is 0 Å². The van der Waals surface area contributed by atoms with Crippen LogP contribution in [0.5, 0.6) is 11.5 Å². The van der Waals surface area contributed by atoms with Crippen molar-refractivity contribution in [3.05, 3.63) is 61.4 Å². The molecule has 148 valence electrons. The van der Waals surface area contributed by atoms with E-state index in [1.54, 1.807) is 22.6 Å². The van der Waals surface area contributed by atoms with E-state index in [2.05, 4.69) is 10.3 Å². The third kappa shape index (κ3) is 3.26. The lowest BCUT2D eigenvalue weighted by Crippen LogP contribution is -2.15. The summed E-state index contributed by atoms with van der Waals surface area (Å²) in [5.41, 5.74) is 0.613. The third-order valence-electron chi connectivity index (χ3n) is 4.32. The second kappa shape index (κ2) is 7.30. The van der Waals surface area contributed by atoms with Gasteiger partial charge in [-0.05, 0) is 36.5 Å². The van der Waals surface area contributed by atoms with Crippen LogP contribution in [0.4, 0.5) is 10.1 Å². The summed E-state index contributed by atoms with van der Waals surface area (Å²) in [7, 11) is 2.96. The minimum Gasteiger partial charge on any atom is -0.493 e. The Bertz CT molecular complexity index is 1390. The quantitative estimate of drug-likeness (QED) is 0.478. The van der Waals surface area contributed by atoms with Gasteiger partial charge in [-0.1, -0.05) is 17.4 Å². The van der Waals surface area contributed by atoms with Crippen molar-refractivity contribution in [2.45, 2.75) is 0 Å². The molecule has 0 aliphatic heterocycles. The van der Waals surface area contributed by atoms with Gasteiger partial charge >= 0.3 is 0 Å². The maximum atomic E-state index is 13.4. The molecule has 2 aromatic heterocycles. The second-order valence-electron chi connectivity index (χ2n) is 6.02. The highest BCUT2D eigenvalue weighted by Crippen LogP contribution is 2.32. The number of amides is 1. The van der Waals surface area contributed by atoms with E-state index in [4.69, 9.17) is 21.7 Å². The summed E-state index contributed by atoms with van der Waals surface area (Å²) < 4.78 is 25.9. The molecule has 0 saturated carbocycles. The predicted molar refractivity (Wildman–Crippen MR) is 112 cm³/mol. The van der Waals surface area contributed by atoms with Crippen molar-refractivity contribution in [1.29, 1.82) is 0 Å². The Balaban J connectivity index is 1.92. The number of nitrogens with one attached hydrogen (secondary N) is 2. The minimum absolute atomic E-state index is 0.202. The molecule has 2 heterocycles. The minimum atomic E-state index is -0.510. The Kier molecular flexibility index (Phi) is 4.81. The number of thiazole rings is 1. The number of nitrogens with zero attached hydrogens (tertiary/aromatic N) is 1. The van der Waals surface area contributed by atoms with Crippen molar-refractivity contribution >= 4 is 51.7 Å². The van der Waals surface area contributed by atoms with Crippen LogP contribution in [-0.4, -0.2) is 29.5 Å². The lowest BCUT2D eigenvalue weighted by Gasteiger charge is -2.10. The Morgan fingerprint density at radius 3 is 2.62 bits per heavy atom. The molecule has 0 unspecified atom stereocenters. The number of carbonyl (C=O) groups is 1. The van der Waals surface area contributed by atoms with Gasteiger partial charge in [-0.25, -0.2) is 4.39 Å². The van der Waals surface area contributed by atoms with Crippen molar-refractivity contribution < 1.29 is 18.7 Å². The van der Waals surface area contributed by atoms with Crippen LogP contribution in [0, 0.1) is 9.77 Å². The fraction of sp³-hybridized carbons (Fsp3) is 0.105. The predicted octanol–water partition coefficient (Wildman–Crippen LogP) is 3.98. The first-order valence-corrected chi connectivity index (χ1v) is 9.56. The molecule has 10 heteroatoms. The van der Waals surface area contributed by atoms with Crippen molar-refractivity contribution in [1.82, 2.24) is 9.38 Å². The van der Waals surface area contributed by atoms with Crippen LogP contribution < -0.4 is 20.3 Å². The zero-order valence-corrected chi connectivity index (χ0v) is 16.9. The highest BCUT2D eigenvalue weighted by Gasteiger charge is 2.20. The summed E-state index contributed by atoms with van der Waals surface area (Å²) in [4.78, 5) is 28.4. The van der Waals surface area contributed by atoms with Gasteiger partial charge < -0.3 is 19.8 Å². The van der Waals surface area contributed by atoms with Gasteiger partial charge in [0.25, 0.3) is 11.5 Å². The summed E-state index contributed by atoms with van der Waals surface area (Å²) >= 11 is 6.47. The topological polar surface area (TPSA) is 84.8 Å². The van der Waals surface area contributed by atoms with Crippen LogP contribution in [-0.2, 0) is 0 Å². The molecule has 2 N–H and O–H groups in total. The number of aromatic amines is 1. The number of halogens is 1. The van der Waals surface area contributed by atoms with Crippen LogP contribution in [0.15, 0.2) is 41.2 Å². The zero-order chi connectivity index (χ0) is 20.7. The summed E-state index contributed by atoms with van der Waals surface area (Å²) in [5, 5.41) is 2.95. The number of ether oxygens (including phenoxy) is 2. The molecule has 0 fully saturated rings. The number of benzene rings is 2. The van der Waals surface area contributed by atoms with Gasteiger partial charge in [-0.15, -0.1) is 0 Å². The van der Waals surface area contributed by atoms with Crippen molar-refractivity contribution in [3.63, 3.8) is 0 Å². The number of rotatable bonds is 4. The number of fused-ring (bicyclic) bond motifs is 3. The first-order chi connectivity index (χ1) is 13.9. The number of anilines is 1. The molecule has 7 nitrogen and oxygen atoms in total. The third-order valence-corrected chi connectivity index (χ3v) is 5.69. The number of methoxy groups -OCH3 is 2. The fourth-order valence-electron chi connectivity index (χ4n) is 3.02. The van der Waals surface area contributed by atoms with Crippen LogP contribution >= 0.6 is 23.6 Å². The van der Waals surface area contributed by atoms with E-state index in [1.165, 1.54) is 32.4 Å². The molecule has 2 aromatic carbocycles. The summed E-state index contributed by atoms with van der Waals surface area (Å²) in [6.07, 6.45) is 0. The van der Waals surface area contributed by atoms with Gasteiger partial charge in [0.15, 0.2) is 15.5 Å². The lowest BCUT2D eigenvalue weighted by molar-refractivity contribution is 0.103. The Morgan fingerprint density at radius 1 is 1.21 bits per heavy atom. The van der Waals surface area contributed by atoms with Crippen molar-refractivity contribution in [2.75, 3.05) is 19.5 Å². The number of hydrogen-bond donors (Lipinski definition) is 2. The van der Waals surface area contributed by atoms with E-state index in [0.717, 1.165) is 11.3 Å². The van der Waals surface area contributed by atoms with Gasteiger partial charge in [-0.3, -0.25) is 14.0 Å². The first-order valence-electron chi connectivity index (χ1n) is 8.33. The Labute approximate surface area is 172 Å². The summed E-state index contributed by atoms with van der Waals surface area (Å²) in [6, 6.07) is 8.71. The molecule has 0 radical (unpaired) electrons. The van der Waals surface area contributed by atoms with Gasteiger partial charge in [0.1, 0.15) is 16.3 Å². The maximum Gasteiger partial charge on any atom is 0.269 e. The lowest BCUT2D eigenvalue weighted by atomic mass is 10.2. The molecular weight excluding hydrogens is 417 g/mol. The number of hydrogen-bond acceptors (Lipinski definition) is 6. The van der Waals surface area contributed by atoms with Gasteiger partial charge in [-0.2, -0.15) is 0 Å². The number of H-pyrrole nitrogens is 1.